The molecule has 2 fully saturated rings. The van der Waals surface area contributed by atoms with Gasteiger partial charge in [-0.2, -0.15) is 0 Å². The first-order chi connectivity index (χ1) is 9.91. The van der Waals surface area contributed by atoms with Crippen molar-refractivity contribution >= 4 is 5.91 Å². The van der Waals surface area contributed by atoms with Gasteiger partial charge < -0.3 is 15.0 Å². The zero-order chi connectivity index (χ0) is 15.5. The smallest absolute Gasteiger partial charge is 0.223 e. The van der Waals surface area contributed by atoms with Crippen LogP contribution in [0.25, 0.3) is 0 Å². The van der Waals surface area contributed by atoms with Gasteiger partial charge in [-0.1, -0.05) is 27.7 Å². The molecule has 2 aliphatic rings. The summed E-state index contributed by atoms with van der Waals surface area (Å²) >= 11 is 0. The highest BCUT2D eigenvalue weighted by Gasteiger charge is 2.48. The maximum atomic E-state index is 12.0. The number of hydrogen-bond acceptors (Lipinski definition) is 3. The van der Waals surface area contributed by atoms with E-state index in [4.69, 9.17) is 4.74 Å². The highest BCUT2D eigenvalue weighted by Crippen LogP contribution is 2.42. The van der Waals surface area contributed by atoms with Gasteiger partial charge in [-0.3, -0.25) is 4.79 Å². The van der Waals surface area contributed by atoms with Crippen LogP contribution in [0.2, 0.25) is 0 Å². The van der Waals surface area contributed by atoms with E-state index in [1.165, 1.54) is 12.8 Å². The molecule has 1 saturated carbocycles. The van der Waals surface area contributed by atoms with Crippen molar-refractivity contribution in [3.8, 4) is 0 Å². The highest BCUT2D eigenvalue weighted by molar-refractivity contribution is 5.76. The van der Waals surface area contributed by atoms with Crippen LogP contribution in [0.4, 0.5) is 0 Å². The van der Waals surface area contributed by atoms with E-state index in [2.05, 4.69) is 33.0 Å². The molecule has 0 aromatic carbocycles. The first-order valence-corrected chi connectivity index (χ1v) is 8.54. The molecule has 4 heteroatoms. The molecule has 2 atom stereocenters. The van der Waals surface area contributed by atoms with Crippen molar-refractivity contribution < 1.29 is 9.53 Å². The Bertz CT molecular complexity index is 349. The van der Waals surface area contributed by atoms with Gasteiger partial charge in [0.15, 0.2) is 0 Å². The minimum Gasteiger partial charge on any atom is -0.377 e. The molecule has 1 saturated heterocycles. The molecular weight excluding hydrogens is 264 g/mol. The summed E-state index contributed by atoms with van der Waals surface area (Å²) in [5.41, 5.74) is 0.172. The number of hydrogen-bond donors (Lipinski definition) is 1. The lowest BCUT2D eigenvalue weighted by Crippen LogP contribution is -2.61. The molecule has 1 aliphatic heterocycles. The van der Waals surface area contributed by atoms with Crippen LogP contribution in [0.5, 0.6) is 0 Å². The molecule has 21 heavy (non-hydrogen) atoms. The molecule has 2 unspecified atom stereocenters. The molecule has 2 rings (SSSR count). The molecule has 0 aromatic heterocycles. The summed E-state index contributed by atoms with van der Waals surface area (Å²) in [6.45, 7) is 12.5. The number of ether oxygens (including phenoxy) is 1. The van der Waals surface area contributed by atoms with Gasteiger partial charge in [0.2, 0.25) is 5.91 Å². The van der Waals surface area contributed by atoms with Crippen LogP contribution < -0.4 is 5.32 Å². The summed E-state index contributed by atoms with van der Waals surface area (Å²) in [5, 5.41) is 3.55. The Hall–Kier alpha value is -0.610. The third kappa shape index (κ3) is 4.19. The number of nitrogens with zero attached hydrogens (tertiary/aromatic N) is 1. The van der Waals surface area contributed by atoms with E-state index < -0.39 is 0 Å². The van der Waals surface area contributed by atoms with E-state index in [-0.39, 0.29) is 5.41 Å². The minimum absolute atomic E-state index is 0.172. The lowest BCUT2D eigenvalue weighted by Gasteiger charge is -2.52. The quantitative estimate of drug-likeness (QED) is 0.784. The van der Waals surface area contributed by atoms with E-state index in [9.17, 15) is 4.79 Å². The van der Waals surface area contributed by atoms with Gasteiger partial charge in [0.1, 0.15) is 0 Å². The van der Waals surface area contributed by atoms with Crippen molar-refractivity contribution in [3.63, 3.8) is 0 Å². The zero-order valence-corrected chi connectivity index (χ0v) is 14.2. The SMILES string of the molecule is CC(C)COC1CC(NCCC(=O)N2CCCC2)C1(C)C. The van der Waals surface area contributed by atoms with Crippen LogP contribution in [-0.4, -0.2) is 49.2 Å². The Balaban J connectivity index is 1.64. The normalized spacial score (nSPS) is 28.0. The highest BCUT2D eigenvalue weighted by atomic mass is 16.5. The fourth-order valence-corrected chi connectivity index (χ4v) is 3.30. The van der Waals surface area contributed by atoms with Crippen molar-refractivity contribution in [1.82, 2.24) is 10.2 Å². The summed E-state index contributed by atoms with van der Waals surface area (Å²) in [7, 11) is 0. The molecule has 122 valence electrons. The summed E-state index contributed by atoms with van der Waals surface area (Å²) in [6.07, 6.45) is 4.39. The summed E-state index contributed by atoms with van der Waals surface area (Å²) < 4.78 is 5.98. The molecular formula is C17H32N2O2. The van der Waals surface area contributed by atoms with E-state index in [0.29, 0.717) is 30.4 Å². The van der Waals surface area contributed by atoms with Crippen LogP contribution in [0.1, 0.15) is 53.4 Å². The summed E-state index contributed by atoms with van der Waals surface area (Å²) in [6, 6.07) is 0.473. The second-order valence-corrected chi connectivity index (χ2v) is 7.62. The van der Waals surface area contributed by atoms with Crippen LogP contribution in [0.15, 0.2) is 0 Å². The summed E-state index contributed by atoms with van der Waals surface area (Å²) in [5.74, 6) is 0.899. The molecule has 0 aromatic rings. The largest absolute Gasteiger partial charge is 0.377 e. The van der Waals surface area contributed by atoms with Crippen LogP contribution in [0, 0.1) is 11.3 Å². The van der Waals surface area contributed by atoms with Gasteiger partial charge >= 0.3 is 0 Å². The van der Waals surface area contributed by atoms with Crippen molar-refractivity contribution in [2.45, 2.75) is 65.5 Å². The van der Waals surface area contributed by atoms with Crippen LogP contribution >= 0.6 is 0 Å². The molecule has 0 radical (unpaired) electrons. The summed E-state index contributed by atoms with van der Waals surface area (Å²) in [4.78, 5) is 14.0. The molecule has 1 N–H and O–H groups in total. The van der Waals surface area contributed by atoms with Gasteiger partial charge in [0.05, 0.1) is 6.10 Å². The fraction of sp³-hybridized carbons (Fsp3) is 0.941. The average Bonchev–Trinajstić information content (AvgIpc) is 2.94. The third-order valence-electron chi connectivity index (χ3n) is 5.00. The van der Waals surface area contributed by atoms with Gasteiger partial charge in [0.25, 0.3) is 0 Å². The Morgan fingerprint density at radius 2 is 2.00 bits per heavy atom. The maximum absolute atomic E-state index is 12.0. The lowest BCUT2D eigenvalue weighted by atomic mass is 9.64. The minimum atomic E-state index is 0.172. The number of amides is 1. The predicted molar refractivity (Wildman–Crippen MR) is 85.2 cm³/mol. The Kier molecular flexibility index (Phi) is 5.67. The van der Waals surface area contributed by atoms with E-state index in [1.807, 2.05) is 4.90 Å². The van der Waals surface area contributed by atoms with E-state index >= 15 is 0 Å². The van der Waals surface area contributed by atoms with Crippen LogP contribution in [0.3, 0.4) is 0 Å². The van der Waals surface area contributed by atoms with Crippen molar-refractivity contribution in [2.24, 2.45) is 11.3 Å². The topological polar surface area (TPSA) is 41.6 Å². The standard InChI is InChI=1S/C17H32N2O2/c1-13(2)12-21-15-11-14(17(15,3)4)18-8-7-16(20)19-9-5-6-10-19/h13-15,18H,5-12H2,1-4H3. The van der Waals surface area contributed by atoms with Gasteiger partial charge in [-0.05, 0) is 25.2 Å². The first kappa shape index (κ1) is 16.8. The number of carbonyl (C=O) groups excluding carboxylic acids is 1. The van der Waals surface area contributed by atoms with Gasteiger partial charge in [0, 0.05) is 44.1 Å². The van der Waals surface area contributed by atoms with E-state index in [1.54, 1.807) is 0 Å². The van der Waals surface area contributed by atoms with Crippen molar-refractivity contribution in [3.05, 3.63) is 0 Å². The van der Waals surface area contributed by atoms with Gasteiger partial charge in [-0.15, -0.1) is 0 Å². The van der Waals surface area contributed by atoms with Crippen molar-refractivity contribution in [1.29, 1.82) is 0 Å². The Morgan fingerprint density at radius 1 is 1.33 bits per heavy atom. The van der Waals surface area contributed by atoms with Gasteiger partial charge in [-0.25, -0.2) is 0 Å². The Morgan fingerprint density at radius 3 is 2.57 bits per heavy atom. The fourth-order valence-electron chi connectivity index (χ4n) is 3.30. The molecule has 0 spiro atoms. The molecule has 1 heterocycles. The molecule has 1 aliphatic carbocycles. The Labute approximate surface area is 129 Å². The predicted octanol–water partition coefficient (Wildman–Crippen LogP) is 2.43. The van der Waals surface area contributed by atoms with Crippen LogP contribution in [-0.2, 0) is 9.53 Å². The first-order valence-electron chi connectivity index (χ1n) is 8.54. The number of likely N-dealkylation sites (tertiary alicyclic amines) is 1. The van der Waals surface area contributed by atoms with E-state index in [0.717, 1.165) is 32.7 Å². The number of carbonyl (C=O) groups is 1. The molecule has 1 amide bonds. The molecule has 4 nitrogen and oxygen atoms in total. The second kappa shape index (κ2) is 7.10. The number of nitrogens with one attached hydrogen (secondary N) is 1. The lowest BCUT2D eigenvalue weighted by molar-refractivity contribution is -0.131. The monoisotopic (exact) mass is 296 g/mol. The maximum Gasteiger partial charge on any atom is 0.223 e. The second-order valence-electron chi connectivity index (χ2n) is 7.62. The molecule has 0 bridgehead atoms. The van der Waals surface area contributed by atoms with Crippen molar-refractivity contribution in [2.75, 3.05) is 26.2 Å². The third-order valence-corrected chi connectivity index (χ3v) is 5.00. The number of rotatable bonds is 7. The average molecular weight is 296 g/mol. The zero-order valence-electron chi connectivity index (χ0n) is 14.2.